The number of methoxy groups -OCH3 is 3. The van der Waals surface area contributed by atoms with E-state index in [4.69, 9.17) is 25.4 Å². The van der Waals surface area contributed by atoms with Gasteiger partial charge in [0.1, 0.15) is 0 Å². The first kappa shape index (κ1) is 30.7. The lowest BCUT2D eigenvalue weighted by molar-refractivity contribution is -0.125. The van der Waals surface area contributed by atoms with Gasteiger partial charge in [0.25, 0.3) is 0 Å². The fourth-order valence-corrected chi connectivity index (χ4v) is 5.91. The van der Waals surface area contributed by atoms with Gasteiger partial charge in [-0.3, -0.25) is 14.6 Å². The molecule has 0 bridgehead atoms. The van der Waals surface area contributed by atoms with Gasteiger partial charge in [-0.25, -0.2) is 0 Å². The Balaban J connectivity index is 1.51. The van der Waals surface area contributed by atoms with Gasteiger partial charge in [0.2, 0.25) is 17.4 Å². The van der Waals surface area contributed by atoms with Crippen LogP contribution in [-0.2, 0) is 15.6 Å². The van der Waals surface area contributed by atoms with Crippen molar-refractivity contribution in [2.75, 3.05) is 41.0 Å². The number of hydrogen-bond acceptors (Lipinski definition) is 8. The lowest BCUT2D eigenvalue weighted by atomic mass is 9.71. The Morgan fingerprint density at radius 1 is 1.00 bits per heavy atom. The number of hydrogen-bond donors (Lipinski definition) is 2. The van der Waals surface area contributed by atoms with E-state index in [1.807, 2.05) is 42.5 Å². The minimum Gasteiger partial charge on any atom is -0.493 e. The van der Waals surface area contributed by atoms with Crippen molar-refractivity contribution in [3.63, 3.8) is 0 Å². The highest BCUT2D eigenvalue weighted by atomic mass is 16.5. The number of carbonyl (C=O) groups excluding carboxylic acids is 2. The van der Waals surface area contributed by atoms with E-state index in [9.17, 15) is 9.59 Å². The highest BCUT2D eigenvalue weighted by Gasteiger charge is 2.42. The van der Waals surface area contributed by atoms with E-state index in [1.165, 1.54) is 21.3 Å². The minimum atomic E-state index is -0.667. The fraction of sp³-hybridized carbons (Fsp3) is 0.394. The lowest BCUT2D eigenvalue weighted by Gasteiger charge is -2.41. The maximum Gasteiger partial charge on any atom is 0.228 e. The average molecular weight is 573 g/mol. The predicted molar refractivity (Wildman–Crippen MR) is 162 cm³/mol. The number of aromatic nitrogens is 1. The van der Waals surface area contributed by atoms with Gasteiger partial charge in [-0.2, -0.15) is 0 Å². The quantitative estimate of drug-likeness (QED) is 0.227. The Kier molecular flexibility index (Phi) is 9.63. The van der Waals surface area contributed by atoms with Crippen LogP contribution < -0.4 is 19.9 Å². The van der Waals surface area contributed by atoms with Crippen LogP contribution in [0.5, 0.6) is 17.2 Å². The van der Waals surface area contributed by atoms with Crippen LogP contribution in [0.4, 0.5) is 0 Å². The first-order valence-electron chi connectivity index (χ1n) is 14.1. The third-order valence-corrected chi connectivity index (χ3v) is 8.61. The Bertz CT molecular complexity index is 1380. The molecule has 1 atom stereocenters. The number of nitrogens with zero attached hydrogens (tertiary/aromatic N) is 2. The van der Waals surface area contributed by atoms with Gasteiger partial charge in [0.05, 0.1) is 32.5 Å². The number of primary amides is 1. The molecule has 9 heteroatoms. The number of likely N-dealkylation sites (tertiary alicyclic amines) is 1. The molecule has 1 unspecified atom stereocenters. The third-order valence-electron chi connectivity index (χ3n) is 8.61. The monoisotopic (exact) mass is 572 g/mol. The lowest BCUT2D eigenvalue weighted by Crippen LogP contribution is -2.50. The van der Waals surface area contributed by atoms with Crippen LogP contribution in [-0.4, -0.2) is 68.2 Å². The smallest absolute Gasteiger partial charge is 0.228 e. The number of amides is 1. The summed E-state index contributed by atoms with van der Waals surface area (Å²) in [6.07, 6.45) is 5.72. The van der Waals surface area contributed by atoms with Crippen molar-refractivity contribution in [3.8, 4) is 17.2 Å². The Morgan fingerprint density at radius 3 is 2.17 bits per heavy atom. The Labute approximate surface area is 247 Å². The second kappa shape index (κ2) is 13.2. The molecule has 0 radical (unpaired) electrons. The zero-order valence-corrected chi connectivity index (χ0v) is 24.8. The van der Waals surface area contributed by atoms with Gasteiger partial charge >= 0.3 is 0 Å². The molecule has 42 heavy (non-hydrogen) atoms. The molecule has 1 aliphatic rings. The van der Waals surface area contributed by atoms with Crippen molar-refractivity contribution < 1.29 is 23.8 Å². The molecule has 3 N–H and O–H groups in total. The molecule has 9 nitrogen and oxygen atoms in total. The van der Waals surface area contributed by atoms with E-state index in [2.05, 4.69) is 16.8 Å². The van der Waals surface area contributed by atoms with Crippen LogP contribution >= 0.6 is 0 Å². The van der Waals surface area contributed by atoms with Crippen molar-refractivity contribution in [1.29, 1.82) is 5.41 Å². The highest BCUT2D eigenvalue weighted by Crippen LogP contribution is 2.40. The molecule has 2 aromatic carbocycles. The summed E-state index contributed by atoms with van der Waals surface area (Å²) in [4.78, 5) is 32.8. The van der Waals surface area contributed by atoms with Crippen LogP contribution in [0.3, 0.4) is 0 Å². The van der Waals surface area contributed by atoms with Gasteiger partial charge in [0, 0.05) is 29.8 Å². The van der Waals surface area contributed by atoms with E-state index in [1.54, 1.807) is 24.5 Å². The predicted octanol–water partition coefficient (Wildman–Crippen LogP) is 4.57. The number of benzene rings is 2. The van der Waals surface area contributed by atoms with Crippen molar-refractivity contribution in [3.05, 3.63) is 83.7 Å². The van der Waals surface area contributed by atoms with Crippen LogP contribution in [0.2, 0.25) is 0 Å². The van der Waals surface area contributed by atoms with E-state index >= 15 is 0 Å². The number of ether oxygens (including phenoxy) is 3. The molecule has 3 aromatic rings. The molecule has 1 saturated heterocycles. The van der Waals surface area contributed by atoms with Crippen molar-refractivity contribution in [1.82, 2.24) is 9.88 Å². The van der Waals surface area contributed by atoms with Crippen LogP contribution in [0, 0.1) is 5.41 Å². The minimum absolute atomic E-state index is 0.0221. The molecule has 4 rings (SSSR count). The summed E-state index contributed by atoms with van der Waals surface area (Å²) >= 11 is 0. The maximum absolute atomic E-state index is 13.5. The fourth-order valence-electron chi connectivity index (χ4n) is 5.91. The molecule has 1 amide bonds. The standard InChI is InChI=1S/C33H40N4O5/c1-32(25-11-8-15-36-22-25,21-26(34)29(38)23-19-27(40-2)30(42-4)28(20-23)41-3)12-16-37-17-13-33(14-18-37,31(35)39)24-9-6-5-7-10-24/h5-11,15,19-20,22,34H,12-14,16-18,21H2,1-4H3,(H2,35,39). The van der Waals surface area contributed by atoms with E-state index in [0.29, 0.717) is 42.1 Å². The molecule has 1 aromatic heterocycles. The number of ketones is 1. The van der Waals surface area contributed by atoms with Crippen LogP contribution in [0.25, 0.3) is 0 Å². The third kappa shape index (κ3) is 6.31. The topological polar surface area (TPSA) is 128 Å². The maximum atomic E-state index is 13.5. The van der Waals surface area contributed by atoms with E-state index in [0.717, 1.165) is 30.8 Å². The van der Waals surface area contributed by atoms with Crippen molar-refractivity contribution in [2.24, 2.45) is 5.73 Å². The van der Waals surface area contributed by atoms with Crippen molar-refractivity contribution >= 4 is 17.4 Å². The summed E-state index contributed by atoms with van der Waals surface area (Å²) in [5.74, 6) is 0.410. The second-order valence-electron chi connectivity index (χ2n) is 11.1. The number of pyridine rings is 1. The zero-order valence-electron chi connectivity index (χ0n) is 24.8. The van der Waals surface area contributed by atoms with E-state index in [-0.39, 0.29) is 18.0 Å². The first-order valence-corrected chi connectivity index (χ1v) is 14.1. The molecule has 0 saturated carbocycles. The Hall–Kier alpha value is -4.24. The molecule has 1 fully saturated rings. The summed E-state index contributed by atoms with van der Waals surface area (Å²) in [7, 11) is 4.48. The summed E-state index contributed by atoms with van der Waals surface area (Å²) in [5.41, 5.74) is 6.94. The summed E-state index contributed by atoms with van der Waals surface area (Å²) in [6.45, 7) is 4.26. The largest absolute Gasteiger partial charge is 0.493 e. The average Bonchev–Trinajstić information content (AvgIpc) is 3.03. The molecular formula is C33H40N4O5. The molecule has 0 aliphatic carbocycles. The van der Waals surface area contributed by atoms with Gasteiger partial charge < -0.3 is 30.3 Å². The van der Waals surface area contributed by atoms with Gasteiger partial charge in [0.15, 0.2) is 11.5 Å². The summed E-state index contributed by atoms with van der Waals surface area (Å²) in [6, 6.07) is 16.8. The van der Waals surface area contributed by atoms with Crippen LogP contribution in [0.15, 0.2) is 67.0 Å². The van der Waals surface area contributed by atoms with Crippen molar-refractivity contribution in [2.45, 2.75) is 43.4 Å². The van der Waals surface area contributed by atoms with E-state index < -0.39 is 16.6 Å². The molecular weight excluding hydrogens is 532 g/mol. The number of rotatable bonds is 13. The first-order chi connectivity index (χ1) is 20.2. The summed E-state index contributed by atoms with van der Waals surface area (Å²) in [5, 5.41) is 8.86. The zero-order chi connectivity index (χ0) is 30.3. The summed E-state index contributed by atoms with van der Waals surface area (Å²) < 4.78 is 16.2. The highest BCUT2D eigenvalue weighted by molar-refractivity contribution is 6.45. The molecule has 2 heterocycles. The normalized spacial score (nSPS) is 16.2. The number of Topliss-reactive ketones (excluding diaryl/α,β-unsaturated/α-hetero) is 1. The SMILES string of the molecule is COc1cc(C(=O)C(=N)CC(C)(CCN2CCC(C(N)=O)(c3ccccc3)CC2)c2cccnc2)cc(OC)c1OC. The van der Waals surface area contributed by atoms with Gasteiger partial charge in [-0.05, 0) is 68.2 Å². The second-order valence-corrected chi connectivity index (χ2v) is 11.1. The Morgan fingerprint density at radius 2 is 1.64 bits per heavy atom. The van der Waals surface area contributed by atoms with Gasteiger partial charge in [-0.15, -0.1) is 0 Å². The number of carbonyl (C=O) groups is 2. The number of piperidine rings is 1. The molecule has 0 spiro atoms. The molecule has 222 valence electrons. The number of nitrogens with two attached hydrogens (primary N) is 1. The van der Waals surface area contributed by atoms with Gasteiger partial charge in [-0.1, -0.05) is 43.3 Å². The van der Waals surface area contributed by atoms with Crippen LogP contribution in [0.1, 0.15) is 54.1 Å². The number of nitrogens with one attached hydrogen (secondary N) is 1. The molecule has 1 aliphatic heterocycles.